The molecule has 0 saturated heterocycles. The number of hydrogen-bond acceptors (Lipinski definition) is 10. The van der Waals surface area contributed by atoms with Gasteiger partial charge in [0.1, 0.15) is 25.3 Å². The fraction of sp³-hybridized carbons (Fsp3) is 0.375. The highest BCUT2D eigenvalue weighted by atomic mass is 16.6. The topological polar surface area (TPSA) is 204 Å². The van der Waals surface area contributed by atoms with Crippen LogP contribution in [0, 0.1) is 0 Å². The lowest BCUT2D eigenvalue weighted by Gasteiger charge is -2.23. The van der Waals surface area contributed by atoms with E-state index in [-0.39, 0.29) is 49.2 Å². The van der Waals surface area contributed by atoms with Gasteiger partial charge in [0.15, 0.2) is 17.0 Å². The summed E-state index contributed by atoms with van der Waals surface area (Å²) in [5, 5.41) is 14.2. The largest absolute Gasteiger partial charge is 0.480 e. The number of aliphatic carboxylic acids is 1. The van der Waals surface area contributed by atoms with Crippen molar-refractivity contribution in [2.75, 3.05) is 30.7 Å². The van der Waals surface area contributed by atoms with Gasteiger partial charge in [-0.3, -0.25) is 14.9 Å². The van der Waals surface area contributed by atoms with Gasteiger partial charge in [0.05, 0.1) is 6.33 Å². The molecule has 0 atom stereocenters. The van der Waals surface area contributed by atoms with Gasteiger partial charge in [-0.25, -0.2) is 14.6 Å². The van der Waals surface area contributed by atoms with E-state index in [1.807, 2.05) is 18.2 Å². The number of amides is 3. The summed E-state index contributed by atoms with van der Waals surface area (Å²) in [6.45, 7) is 4.07. The summed E-state index contributed by atoms with van der Waals surface area (Å²) in [7, 11) is 0. The predicted molar refractivity (Wildman–Crippen MR) is 138 cm³/mol. The van der Waals surface area contributed by atoms with Gasteiger partial charge in [0, 0.05) is 13.1 Å². The highest BCUT2D eigenvalue weighted by molar-refractivity contribution is 5.94. The molecule has 208 valence electrons. The van der Waals surface area contributed by atoms with Crippen molar-refractivity contribution in [3.63, 3.8) is 0 Å². The molecule has 5 N–H and O–H groups in total. The highest BCUT2D eigenvalue weighted by Gasteiger charge is 2.22. The Balaban J connectivity index is 1.68. The number of carbonyl (C=O) groups excluding carboxylic acids is 3. The molecule has 0 bridgehead atoms. The van der Waals surface area contributed by atoms with Crippen LogP contribution in [-0.4, -0.2) is 78.8 Å². The summed E-state index contributed by atoms with van der Waals surface area (Å²) < 4.78 is 11.7. The molecule has 3 amide bonds. The monoisotopic (exact) mass is 542 g/mol. The number of nitrogens with one attached hydrogen (secondary N) is 2. The molecule has 15 nitrogen and oxygen atoms in total. The first kappa shape index (κ1) is 28.6. The normalized spacial score (nSPS) is 11.1. The van der Waals surface area contributed by atoms with E-state index in [1.165, 1.54) is 10.9 Å². The molecule has 39 heavy (non-hydrogen) atoms. The van der Waals surface area contributed by atoms with E-state index in [9.17, 15) is 24.3 Å². The standard InChI is InChI=1S/C24H30N8O7/c1-24(2,3)39-22(36)26-9-10-31(12-17(34)35)16(33)11-32-14-27-18-19(28-21(25)30-20(18)32)29-23(37)38-13-15-7-5-4-6-8-15/h4-8,14H,9-13H2,1-3H3,(H,26,36)(H,34,35)(H3,25,28,29,30,37). The lowest BCUT2D eigenvalue weighted by molar-refractivity contribution is -0.144. The van der Waals surface area contributed by atoms with E-state index in [1.54, 1.807) is 32.9 Å². The molecule has 0 aliphatic heterocycles. The Morgan fingerprint density at radius 3 is 2.49 bits per heavy atom. The highest BCUT2D eigenvalue weighted by Crippen LogP contribution is 2.20. The van der Waals surface area contributed by atoms with Gasteiger partial charge in [-0.05, 0) is 26.3 Å². The molecule has 0 unspecified atom stereocenters. The minimum absolute atomic E-state index is 0.0225. The van der Waals surface area contributed by atoms with E-state index >= 15 is 0 Å². The number of aromatic nitrogens is 4. The molecule has 0 radical (unpaired) electrons. The number of anilines is 2. The van der Waals surface area contributed by atoms with Crippen molar-refractivity contribution < 1.29 is 33.8 Å². The smallest absolute Gasteiger partial charge is 0.413 e. The van der Waals surface area contributed by atoms with Crippen LogP contribution in [0.15, 0.2) is 36.7 Å². The lowest BCUT2D eigenvalue weighted by atomic mass is 10.2. The SMILES string of the molecule is CC(C)(C)OC(=O)NCCN(CC(=O)O)C(=O)Cn1cnc2c(NC(=O)OCc3ccccc3)nc(N)nc21. The Hall–Kier alpha value is -4.95. The maximum Gasteiger partial charge on any atom is 0.413 e. The van der Waals surface area contributed by atoms with Gasteiger partial charge in [-0.2, -0.15) is 9.97 Å². The molecule has 3 aromatic rings. The third kappa shape index (κ3) is 8.84. The fourth-order valence-corrected chi connectivity index (χ4v) is 3.33. The average molecular weight is 543 g/mol. The maximum atomic E-state index is 13.0. The Labute approximate surface area is 223 Å². The fourth-order valence-electron chi connectivity index (χ4n) is 3.33. The lowest BCUT2D eigenvalue weighted by Crippen LogP contribution is -2.43. The number of nitrogen functional groups attached to an aromatic ring is 1. The van der Waals surface area contributed by atoms with Gasteiger partial charge in [-0.1, -0.05) is 30.3 Å². The Bertz CT molecular complexity index is 1340. The molecule has 0 saturated carbocycles. The van der Waals surface area contributed by atoms with E-state index < -0.39 is 36.2 Å². The number of nitrogens with two attached hydrogens (primary N) is 1. The second-order valence-corrected chi connectivity index (χ2v) is 9.30. The number of fused-ring (bicyclic) bond motifs is 1. The van der Waals surface area contributed by atoms with Gasteiger partial charge in [0.25, 0.3) is 0 Å². The third-order valence-corrected chi connectivity index (χ3v) is 4.95. The zero-order valence-corrected chi connectivity index (χ0v) is 21.7. The van der Waals surface area contributed by atoms with Crippen LogP contribution in [0.4, 0.5) is 21.4 Å². The summed E-state index contributed by atoms with van der Waals surface area (Å²) in [6.07, 6.45) is -0.205. The minimum atomic E-state index is -1.23. The predicted octanol–water partition coefficient (Wildman–Crippen LogP) is 1.60. The number of carbonyl (C=O) groups is 4. The zero-order valence-electron chi connectivity index (χ0n) is 21.7. The van der Waals surface area contributed by atoms with Gasteiger partial charge in [0.2, 0.25) is 11.9 Å². The van der Waals surface area contributed by atoms with Gasteiger partial charge >= 0.3 is 18.2 Å². The number of rotatable bonds is 10. The molecule has 3 rings (SSSR count). The molecule has 1 aromatic carbocycles. The van der Waals surface area contributed by atoms with E-state index in [4.69, 9.17) is 15.2 Å². The molecule has 0 fully saturated rings. The summed E-state index contributed by atoms with van der Waals surface area (Å²) >= 11 is 0. The second-order valence-electron chi connectivity index (χ2n) is 9.30. The molecule has 0 spiro atoms. The first-order valence-electron chi connectivity index (χ1n) is 11.8. The first-order chi connectivity index (χ1) is 18.4. The number of carboxylic acid groups (broad SMARTS) is 1. The first-order valence-corrected chi connectivity index (χ1v) is 11.8. The third-order valence-electron chi connectivity index (χ3n) is 4.95. The van der Waals surface area contributed by atoms with Crippen molar-refractivity contribution in [1.82, 2.24) is 29.7 Å². The number of alkyl carbamates (subject to hydrolysis) is 1. The number of benzene rings is 1. The average Bonchev–Trinajstić information content (AvgIpc) is 3.23. The van der Waals surface area contributed by atoms with Crippen molar-refractivity contribution in [1.29, 1.82) is 0 Å². The summed E-state index contributed by atoms with van der Waals surface area (Å²) in [5.41, 5.74) is 6.16. The number of ether oxygens (including phenoxy) is 2. The number of carboxylic acids is 1. The number of imidazole rings is 1. The quantitative estimate of drug-likeness (QED) is 0.289. The van der Waals surface area contributed by atoms with E-state index in [0.717, 1.165) is 10.5 Å². The molecular formula is C24H30N8O7. The number of hydrogen-bond donors (Lipinski definition) is 4. The van der Waals surface area contributed by atoms with Crippen molar-refractivity contribution in [3.8, 4) is 0 Å². The van der Waals surface area contributed by atoms with Crippen LogP contribution >= 0.6 is 0 Å². The summed E-state index contributed by atoms with van der Waals surface area (Å²) in [5.74, 6) is -2.04. The molecular weight excluding hydrogens is 512 g/mol. The number of nitrogens with zero attached hydrogens (tertiary/aromatic N) is 5. The van der Waals surface area contributed by atoms with Gasteiger partial charge < -0.3 is 35.1 Å². The molecule has 2 heterocycles. The zero-order chi connectivity index (χ0) is 28.6. The van der Waals surface area contributed by atoms with E-state index in [0.29, 0.717) is 0 Å². The van der Waals surface area contributed by atoms with Crippen LogP contribution in [0.1, 0.15) is 26.3 Å². The van der Waals surface area contributed by atoms with Crippen molar-refractivity contribution in [3.05, 3.63) is 42.2 Å². The van der Waals surface area contributed by atoms with Crippen LogP contribution < -0.4 is 16.4 Å². The summed E-state index contributed by atoms with van der Waals surface area (Å²) in [4.78, 5) is 61.8. The van der Waals surface area contributed by atoms with Crippen LogP contribution in [0.3, 0.4) is 0 Å². The van der Waals surface area contributed by atoms with Crippen molar-refractivity contribution in [2.24, 2.45) is 0 Å². The van der Waals surface area contributed by atoms with E-state index in [2.05, 4.69) is 25.6 Å². The molecule has 15 heteroatoms. The summed E-state index contributed by atoms with van der Waals surface area (Å²) in [6, 6.07) is 9.07. The van der Waals surface area contributed by atoms with Crippen LogP contribution in [0.5, 0.6) is 0 Å². The van der Waals surface area contributed by atoms with Crippen molar-refractivity contribution >= 4 is 47.0 Å². The Morgan fingerprint density at radius 1 is 1.10 bits per heavy atom. The van der Waals surface area contributed by atoms with Crippen LogP contribution in [0.2, 0.25) is 0 Å². The molecule has 2 aromatic heterocycles. The second kappa shape index (κ2) is 12.5. The maximum absolute atomic E-state index is 13.0. The Kier molecular flexibility index (Phi) is 9.20. The molecule has 0 aliphatic carbocycles. The Morgan fingerprint density at radius 2 is 1.82 bits per heavy atom. The van der Waals surface area contributed by atoms with Crippen LogP contribution in [-0.2, 0) is 32.2 Å². The minimum Gasteiger partial charge on any atom is -0.480 e. The van der Waals surface area contributed by atoms with Gasteiger partial charge in [-0.15, -0.1) is 0 Å². The van der Waals surface area contributed by atoms with Crippen molar-refractivity contribution in [2.45, 2.75) is 39.5 Å². The molecule has 0 aliphatic rings. The van der Waals surface area contributed by atoms with Crippen LogP contribution in [0.25, 0.3) is 11.2 Å².